The number of anilines is 1. The highest BCUT2D eigenvalue weighted by atomic mass is 14.8. The summed E-state index contributed by atoms with van der Waals surface area (Å²) in [4.78, 5) is 2.87. The lowest BCUT2D eigenvalue weighted by molar-refractivity contribution is 1.41. The molecule has 0 atom stereocenters. The van der Waals surface area contributed by atoms with E-state index in [0.717, 1.165) is 11.1 Å². The number of allylic oxidation sites excluding steroid dienone is 1. The average molecular weight is 137 g/mol. The SMILES string of the molecule is C/C(=C/N)c1cc[nH]c1N. The van der Waals surface area contributed by atoms with E-state index < -0.39 is 0 Å². The van der Waals surface area contributed by atoms with Gasteiger partial charge in [0, 0.05) is 11.8 Å². The smallest absolute Gasteiger partial charge is 0.108 e. The van der Waals surface area contributed by atoms with Crippen LogP contribution < -0.4 is 11.5 Å². The summed E-state index contributed by atoms with van der Waals surface area (Å²) in [6.45, 7) is 1.92. The number of nitrogen functional groups attached to an aromatic ring is 1. The van der Waals surface area contributed by atoms with Gasteiger partial charge in [0.2, 0.25) is 0 Å². The molecule has 0 bridgehead atoms. The minimum Gasteiger partial charge on any atom is -0.404 e. The van der Waals surface area contributed by atoms with E-state index in [2.05, 4.69) is 4.98 Å². The molecule has 0 fully saturated rings. The zero-order chi connectivity index (χ0) is 7.56. The summed E-state index contributed by atoms with van der Waals surface area (Å²) in [6.07, 6.45) is 3.33. The first-order valence-electron chi connectivity index (χ1n) is 3.07. The molecule has 10 heavy (non-hydrogen) atoms. The van der Waals surface area contributed by atoms with Crippen LogP contribution in [0, 0.1) is 0 Å². The van der Waals surface area contributed by atoms with Crippen LogP contribution in [-0.2, 0) is 0 Å². The highest BCUT2D eigenvalue weighted by Gasteiger charge is 1.99. The van der Waals surface area contributed by atoms with Crippen LogP contribution in [0.5, 0.6) is 0 Å². The van der Waals surface area contributed by atoms with Gasteiger partial charge in [-0.05, 0) is 24.8 Å². The zero-order valence-corrected chi connectivity index (χ0v) is 5.89. The van der Waals surface area contributed by atoms with E-state index in [4.69, 9.17) is 11.5 Å². The van der Waals surface area contributed by atoms with Gasteiger partial charge in [-0.15, -0.1) is 0 Å². The van der Waals surface area contributed by atoms with Crippen molar-refractivity contribution in [1.82, 2.24) is 4.98 Å². The standard InChI is InChI=1S/C7H11N3/c1-5(4-8)6-2-3-10-7(6)9/h2-4,10H,8-9H2,1H3/b5-4-. The average Bonchev–Trinajstić information content (AvgIpc) is 2.34. The van der Waals surface area contributed by atoms with Crippen LogP contribution >= 0.6 is 0 Å². The molecule has 0 aromatic carbocycles. The zero-order valence-electron chi connectivity index (χ0n) is 5.89. The Bertz CT molecular complexity index is 247. The van der Waals surface area contributed by atoms with Crippen molar-refractivity contribution in [3.05, 3.63) is 24.0 Å². The van der Waals surface area contributed by atoms with Crippen LogP contribution in [0.2, 0.25) is 0 Å². The Hall–Kier alpha value is -1.38. The fraction of sp³-hybridized carbons (Fsp3) is 0.143. The Morgan fingerprint density at radius 2 is 2.40 bits per heavy atom. The van der Waals surface area contributed by atoms with Gasteiger partial charge in [0.1, 0.15) is 5.82 Å². The number of hydrogen-bond acceptors (Lipinski definition) is 2. The number of aromatic amines is 1. The Morgan fingerprint density at radius 3 is 2.80 bits per heavy atom. The van der Waals surface area contributed by atoms with Crippen molar-refractivity contribution in [2.24, 2.45) is 5.73 Å². The van der Waals surface area contributed by atoms with Gasteiger partial charge in [0.25, 0.3) is 0 Å². The van der Waals surface area contributed by atoms with Gasteiger partial charge >= 0.3 is 0 Å². The Balaban J connectivity index is 3.05. The van der Waals surface area contributed by atoms with E-state index in [1.54, 1.807) is 12.4 Å². The molecular formula is C7H11N3. The summed E-state index contributed by atoms with van der Waals surface area (Å²) in [6, 6.07) is 1.90. The number of aromatic nitrogens is 1. The third kappa shape index (κ3) is 0.978. The molecule has 0 spiro atoms. The lowest BCUT2D eigenvalue weighted by Crippen LogP contribution is -1.90. The number of nitrogens with two attached hydrogens (primary N) is 2. The van der Waals surface area contributed by atoms with Crippen LogP contribution in [0.15, 0.2) is 18.5 Å². The van der Waals surface area contributed by atoms with Crippen molar-refractivity contribution in [2.45, 2.75) is 6.92 Å². The van der Waals surface area contributed by atoms with Gasteiger partial charge in [-0.3, -0.25) is 0 Å². The fourth-order valence-electron chi connectivity index (χ4n) is 0.816. The Kier molecular flexibility index (Phi) is 1.67. The van der Waals surface area contributed by atoms with Crippen LogP contribution in [0.1, 0.15) is 12.5 Å². The second kappa shape index (κ2) is 2.47. The number of rotatable bonds is 1. The van der Waals surface area contributed by atoms with Crippen molar-refractivity contribution >= 4 is 11.4 Å². The van der Waals surface area contributed by atoms with Crippen molar-refractivity contribution in [2.75, 3.05) is 5.73 Å². The maximum atomic E-state index is 5.57. The maximum Gasteiger partial charge on any atom is 0.108 e. The third-order valence-corrected chi connectivity index (χ3v) is 1.45. The third-order valence-electron chi connectivity index (χ3n) is 1.45. The Morgan fingerprint density at radius 1 is 1.70 bits per heavy atom. The van der Waals surface area contributed by atoms with Crippen LogP contribution in [0.25, 0.3) is 5.57 Å². The molecule has 54 valence electrons. The molecule has 0 aliphatic carbocycles. The monoisotopic (exact) mass is 137 g/mol. The van der Waals surface area contributed by atoms with Gasteiger partial charge in [0.05, 0.1) is 0 Å². The quantitative estimate of drug-likeness (QED) is 0.538. The first-order chi connectivity index (χ1) is 4.75. The van der Waals surface area contributed by atoms with Gasteiger partial charge in [-0.1, -0.05) is 0 Å². The highest BCUT2D eigenvalue weighted by molar-refractivity contribution is 5.71. The van der Waals surface area contributed by atoms with Crippen LogP contribution in [-0.4, -0.2) is 4.98 Å². The fourth-order valence-corrected chi connectivity index (χ4v) is 0.816. The molecular weight excluding hydrogens is 126 g/mol. The Labute approximate surface area is 59.7 Å². The molecule has 0 saturated heterocycles. The molecule has 1 heterocycles. The predicted octanol–water partition coefficient (Wildman–Crippen LogP) is 0.916. The molecule has 0 amide bonds. The summed E-state index contributed by atoms with van der Waals surface area (Å²) < 4.78 is 0. The molecule has 0 aliphatic heterocycles. The molecule has 1 rings (SSSR count). The van der Waals surface area contributed by atoms with E-state index in [9.17, 15) is 0 Å². The van der Waals surface area contributed by atoms with Crippen molar-refractivity contribution in [3.63, 3.8) is 0 Å². The maximum absolute atomic E-state index is 5.57. The van der Waals surface area contributed by atoms with Crippen LogP contribution in [0.4, 0.5) is 5.82 Å². The molecule has 3 nitrogen and oxygen atoms in total. The molecule has 3 heteroatoms. The summed E-state index contributed by atoms with van der Waals surface area (Å²) >= 11 is 0. The van der Waals surface area contributed by atoms with E-state index in [0.29, 0.717) is 5.82 Å². The molecule has 1 aromatic rings. The summed E-state index contributed by atoms with van der Waals surface area (Å²) in [7, 11) is 0. The summed E-state index contributed by atoms with van der Waals surface area (Å²) in [5.41, 5.74) is 12.8. The first kappa shape index (κ1) is 6.74. The normalized spacial score (nSPS) is 11.9. The molecule has 0 radical (unpaired) electrons. The molecule has 5 N–H and O–H groups in total. The van der Waals surface area contributed by atoms with Gasteiger partial charge in [-0.2, -0.15) is 0 Å². The summed E-state index contributed by atoms with van der Waals surface area (Å²) in [5, 5.41) is 0. The molecule has 1 aromatic heterocycles. The van der Waals surface area contributed by atoms with Crippen LogP contribution in [0.3, 0.4) is 0 Å². The first-order valence-corrected chi connectivity index (χ1v) is 3.07. The van der Waals surface area contributed by atoms with Crippen molar-refractivity contribution in [3.8, 4) is 0 Å². The number of nitrogens with one attached hydrogen (secondary N) is 1. The largest absolute Gasteiger partial charge is 0.404 e. The molecule has 0 aliphatic rings. The van der Waals surface area contributed by atoms with E-state index >= 15 is 0 Å². The molecule has 0 unspecified atom stereocenters. The second-order valence-electron chi connectivity index (χ2n) is 2.15. The molecule has 0 saturated carbocycles. The highest BCUT2D eigenvalue weighted by Crippen LogP contribution is 2.17. The minimum absolute atomic E-state index is 0.666. The van der Waals surface area contributed by atoms with Gasteiger partial charge < -0.3 is 16.5 Å². The van der Waals surface area contributed by atoms with Crippen molar-refractivity contribution < 1.29 is 0 Å². The summed E-state index contributed by atoms with van der Waals surface area (Å²) in [5.74, 6) is 0.666. The van der Waals surface area contributed by atoms with E-state index in [1.807, 2.05) is 13.0 Å². The number of hydrogen-bond donors (Lipinski definition) is 3. The lowest BCUT2D eigenvalue weighted by Gasteiger charge is -1.96. The lowest BCUT2D eigenvalue weighted by atomic mass is 10.1. The van der Waals surface area contributed by atoms with Crippen molar-refractivity contribution in [1.29, 1.82) is 0 Å². The predicted molar refractivity (Wildman–Crippen MR) is 43.0 cm³/mol. The minimum atomic E-state index is 0.666. The second-order valence-corrected chi connectivity index (χ2v) is 2.15. The topological polar surface area (TPSA) is 67.8 Å². The van der Waals surface area contributed by atoms with Gasteiger partial charge in [0.15, 0.2) is 0 Å². The van der Waals surface area contributed by atoms with E-state index in [1.165, 1.54) is 0 Å². The number of H-pyrrole nitrogens is 1. The van der Waals surface area contributed by atoms with E-state index in [-0.39, 0.29) is 0 Å². The van der Waals surface area contributed by atoms with Gasteiger partial charge in [-0.25, -0.2) is 0 Å².